The van der Waals surface area contributed by atoms with Gasteiger partial charge in [0.15, 0.2) is 0 Å². The zero-order chi connectivity index (χ0) is 15.4. The number of piperazine rings is 1. The quantitative estimate of drug-likeness (QED) is 0.576. The standard InChI is InChI=1S/C13H17F2N5O/c14-9-1-2-11(10(15)7-9)18-13(21)20-5-3-19(4-6-20)8-12(16)17/h1-2,7H,3-6,8H2,(H3,16,17)(H,18,21). The molecule has 1 fully saturated rings. The molecule has 4 N–H and O–H groups in total. The average molecular weight is 297 g/mol. The van der Waals surface area contributed by atoms with Gasteiger partial charge in [-0.1, -0.05) is 0 Å². The molecule has 0 unspecified atom stereocenters. The van der Waals surface area contributed by atoms with Crippen molar-refractivity contribution in [3.8, 4) is 0 Å². The zero-order valence-corrected chi connectivity index (χ0v) is 11.4. The summed E-state index contributed by atoms with van der Waals surface area (Å²) in [5.41, 5.74) is 5.28. The van der Waals surface area contributed by atoms with E-state index in [4.69, 9.17) is 11.1 Å². The Morgan fingerprint density at radius 1 is 1.29 bits per heavy atom. The Balaban J connectivity index is 1.89. The molecule has 0 bridgehead atoms. The van der Waals surface area contributed by atoms with Gasteiger partial charge in [0.1, 0.15) is 17.5 Å². The minimum absolute atomic E-state index is 0.0486. The second-order valence-corrected chi connectivity index (χ2v) is 4.84. The third kappa shape index (κ3) is 4.12. The number of hydrogen-bond donors (Lipinski definition) is 3. The van der Waals surface area contributed by atoms with Crippen molar-refractivity contribution in [3.63, 3.8) is 0 Å². The van der Waals surface area contributed by atoms with Gasteiger partial charge in [0.05, 0.1) is 12.2 Å². The Labute approximate surface area is 121 Å². The summed E-state index contributed by atoms with van der Waals surface area (Å²) in [6.45, 7) is 2.49. The maximum atomic E-state index is 13.5. The molecule has 1 heterocycles. The van der Waals surface area contributed by atoms with E-state index in [0.29, 0.717) is 32.7 Å². The van der Waals surface area contributed by atoms with E-state index in [2.05, 4.69) is 5.32 Å². The molecule has 1 saturated heterocycles. The number of carbonyl (C=O) groups is 1. The number of hydrogen-bond acceptors (Lipinski definition) is 3. The lowest BCUT2D eigenvalue weighted by molar-refractivity contribution is 0.158. The number of anilines is 1. The first-order valence-electron chi connectivity index (χ1n) is 6.52. The summed E-state index contributed by atoms with van der Waals surface area (Å²) in [6.07, 6.45) is 0. The highest BCUT2D eigenvalue weighted by Gasteiger charge is 2.22. The van der Waals surface area contributed by atoms with Gasteiger partial charge in [-0.2, -0.15) is 0 Å². The lowest BCUT2D eigenvalue weighted by Crippen LogP contribution is -2.51. The van der Waals surface area contributed by atoms with Crippen molar-refractivity contribution in [1.29, 1.82) is 5.41 Å². The normalized spacial score (nSPS) is 15.8. The van der Waals surface area contributed by atoms with Crippen molar-refractivity contribution < 1.29 is 13.6 Å². The fourth-order valence-electron chi connectivity index (χ4n) is 2.14. The molecule has 0 radical (unpaired) electrons. The number of halogens is 2. The van der Waals surface area contributed by atoms with Gasteiger partial charge in [-0.3, -0.25) is 10.3 Å². The lowest BCUT2D eigenvalue weighted by atomic mass is 10.3. The zero-order valence-electron chi connectivity index (χ0n) is 11.4. The fraction of sp³-hybridized carbons (Fsp3) is 0.385. The summed E-state index contributed by atoms with van der Waals surface area (Å²) in [6, 6.07) is 2.57. The number of amidine groups is 1. The molecule has 6 nitrogen and oxygen atoms in total. The van der Waals surface area contributed by atoms with Crippen LogP contribution in [0.3, 0.4) is 0 Å². The highest BCUT2D eigenvalue weighted by Crippen LogP contribution is 2.16. The molecule has 114 valence electrons. The van der Waals surface area contributed by atoms with Gasteiger partial charge in [-0.25, -0.2) is 13.6 Å². The number of nitrogens with two attached hydrogens (primary N) is 1. The van der Waals surface area contributed by atoms with Crippen molar-refractivity contribution >= 4 is 17.6 Å². The predicted molar refractivity (Wildman–Crippen MR) is 75.3 cm³/mol. The number of carbonyl (C=O) groups excluding carboxylic acids is 1. The SMILES string of the molecule is N=C(N)CN1CCN(C(=O)Nc2ccc(F)cc2F)CC1. The topological polar surface area (TPSA) is 85.5 Å². The highest BCUT2D eigenvalue weighted by molar-refractivity contribution is 5.89. The van der Waals surface area contributed by atoms with Gasteiger partial charge in [-0.15, -0.1) is 0 Å². The molecule has 1 aliphatic rings. The second kappa shape index (κ2) is 6.49. The minimum atomic E-state index is -0.807. The van der Waals surface area contributed by atoms with Crippen molar-refractivity contribution in [3.05, 3.63) is 29.8 Å². The third-order valence-electron chi connectivity index (χ3n) is 3.23. The molecule has 0 saturated carbocycles. The Morgan fingerprint density at radius 2 is 1.95 bits per heavy atom. The molecular formula is C13H17F2N5O. The van der Waals surface area contributed by atoms with Gasteiger partial charge in [0.25, 0.3) is 0 Å². The summed E-state index contributed by atoms with van der Waals surface area (Å²) in [7, 11) is 0. The van der Waals surface area contributed by atoms with Crippen LogP contribution in [0, 0.1) is 17.0 Å². The van der Waals surface area contributed by atoms with E-state index in [0.717, 1.165) is 12.1 Å². The molecular weight excluding hydrogens is 280 g/mol. The Bertz CT molecular complexity index is 543. The average Bonchev–Trinajstić information content (AvgIpc) is 2.42. The molecule has 0 spiro atoms. The molecule has 0 aliphatic carbocycles. The summed E-state index contributed by atoms with van der Waals surface area (Å²) in [4.78, 5) is 15.5. The number of nitrogens with one attached hydrogen (secondary N) is 2. The highest BCUT2D eigenvalue weighted by atomic mass is 19.1. The lowest BCUT2D eigenvalue weighted by Gasteiger charge is -2.34. The molecule has 0 atom stereocenters. The minimum Gasteiger partial charge on any atom is -0.387 e. The van der Waals surface area contributed by atoms with Crippen LogP contribution in [0.4, 0.5) is 19.3 Å². The largest absolute Gasteiger partial charge is 0.387 e. The van der Waals surface area contributed by atoms with Gasteiger partial charge >= 0.3 is 6.03 Å². The summed E-state index contributed by atoms with van der Waals surface area (Å²) >= 11 is 0. The number of rotatable bonds is 3. The van der Waals surface area contributed by atoms with Crippen molar-refractivity contribution in [2.24, 2.45) is 5.73 Å². The second-order valence-electron chi connectivity index (χ2n) is 4.84. The van der Waals surface area contributed by atoms with E-state index in [1.807, 2.05) is 4.90 Å². The summed E-state index contributed by atoms with van der Waals surface area (Å²) in [5.74, 6) is -1.41. The fourth-order valence-corrected chi connectivity index (χ4v) is 2.14. The van der Waals surface area contributed by atoms with E-state index < -0.39 is 17.7 Å². The Morgan fingerprint density at radius 3 is 2.52 bits per heavy atom. The maximum Gasteiger partial charge on any atom is 0.322 e. The number of amides is 2. The molecule has 21 heavy (non-hydrogen) atoms. The van der Waals surface area contributed by atoms with Crippen LogP contribution >= 0.6 is 0 Å². The van der Waals surface area contributed by atoms with Gasteiger partial charge in [0, 0.05) is 32.2 Å². The molecule has 2 rings (SSSR count). The van der Waals surface area contributed by atoms with Crippen molar-refractivity contribution in [2.45, 2.75) is 0 Å². The van der Waals surface area contributed by atoms with E-state index in [1.165, 1.54) is 6.07 Å². The van der Waals surface area contributed by atoms with Crippen LogP contribution in [0.2, 0.25) is 0 Å². The Hall–Kier alpha value is -2.22. The predicted octanol–water partition coefficient (Wildman–Crippen LogP) is 1.05. The van der Waals surface area contributed by atoms with Crippen LogP contribution in [0.5, 0.6) is 0 Å². The first kappa shape index (κ1) is 15.2. The first-order chi connectivity index (χ1) is 9.95. The van der Waals surface area contributed by atoms with E-state index in [9.17, 15) is 13.6 Å². The molecule has 1 aromatic carbocycles. The van der Waals surface area contributed by atoms with E-state index >= 15 is 0 Å². The van der Waals surface area contributed by atoms with Gasteiger partial charge < -0.3 is 16.0 Å². The van der Waals surface area contributed by atoms with Gasteiger partial charge in [-0.05, 0) is 12.1 Å². The Kier molecular flexibility index (Phi) is 4.69. The number of benzene rings is 1. The first-order valence-corrected chi connectivity index (χ1v) is 6.52. The third-order valence-corrected chi connectivity index (χ3v) is 3.23. The maximum absolute atomic E-state index is 13.5. The molecule has 2 amide bonds. The van der Waals surface area contributed by atoms with Crippen LogP contribution in [0.15, 0.2) is 18.2 Å². The number of urea groups is 1. The van der Waals surface area contributed by atoms with E-state index in [-0.39, 0.29) is 11.5 Å². The number of nitrogens with zero attached hydrogens (tertiary/aromatic N) is 2. The summed E-state index contributed by atoms with van der Waals surface area (Å²) in [5, 5.41) is 9.65. The van der Waals surface area contributed by atoms with Crippen molar-refractivity contribution in [2.75, 3.05) is 38.0 Å². The van der Waals surface area contributed by atoms with Crippen LogP contribution in [0.1, 0.15) is 0 Å². The molecule has 8 heteroatoms. The molecule has 0 aromatic heterocycles. The monoisotopic (exact) mass is 297 g/mol. The van der Waals surface area contributed by atoms with E-state index in [1.54, 1.807) is 4.90 Å². The van der Waals surface area contributed by atoms with Crippen LogP contribution in [-0.2, 0) is 0 Å². The van der Waals surface area contributed by atoms with Crippen LogP contribution in [-0.4, -0.2) is 54.4 Å². The molecule has 1 aliphatic heterocycles. The van der Waals surface area contributed by atoms with Crippen molar-refractivity contribution in [1.82, 2.24) is 9.80 Å². The van der Waals surface area contributed by atoms with Gasteiger partial charge in [0.2, 0.25) is 0 Å². The molecule has 1 aromatic rings. The smallest absolute Gasteiger partial charge is 0.322 e. The summed E-state index contributed by atoms with van der Waals surface area (Å²) < 4.78 is 26.3. The van der Waals surface area contributed by atoms with Crippen LogP contribution < -0.4 is 11.1 Å². The van der Waals surface area contributed by atoms with Crippen LogP contribution in [0.25, 0.3) is 0 Å².